The number of carbonyl (C=O) groups is 1. The highest BCUT2D eigenvalue weighted by molar-refractivity contribution is 6.07. The summed E-state index contributed by atoms with van der Waals surface area (Å²) in [5.74, 6) is -1.39. The normalized spacial score (nSPS) is 11.1. The van der Waals surface area contributed by atoms with Gasteiger partial charge in [-0.15, -0.1) is 5.10 Å². The van der Waals surface area contributed by atoms with Gasteiger partial charge in [-0.2, -0.15) is 5.10 Å². The van der Waals surface area contributed by atoms with Crippen LogP contribution in [0.5, 0.6) is 0 Å². The van der Waals surface area contributed by atoms with E-state index < -0.39 is 17.5 Å². The van der Waals surface area contributed by atoms with Gasteiger partial charge in [0.15, 0.2) is 17.3 Å². The van der Waals surface area contributed by atoms with Crippen molar-refractivity contribution in [2.24, 2.45) is 7.05 Å². The molecule has 0 atom stereocenters. The Balaban J connectivity index is 1.49. The lowest BCUT2D eigenvalue weighted by Crippen LogP contribution is -2.18. The van der Waals surface area contributed by atoms with Crippen LogP contribution in [-0.2, 0) is 7.05 Å². The SMILES string of the molecule is Cn1ncc(-c2cc(F)ccn2)c1C(=O)Nc1cc2nc(-c3ccccc3)nn2cc1F. The topological polar surface area (TPSA) is 90.0 Å². The van der Waals surface area contributed by atoms with Crippen molar-refractivity contribution in [2.75, 3.05) is 5.32 Å². The second-order valence-electron chi connectivity index (χ2n) is 6.98. The van der Waals surface area contributed by atoms with E-state index in [1.807, 2.05) is 30.3 Å². The van der Waals surface area contributed by atoms with Crippen LogP contribution in [0.25, 0.3) is 28.3 Å². The van der Waals surface area contributed by atoms with E-state index in [9.17, 15) is 13.6 Å². The molecule has 0 aliphatic carbocycles. The van der Waals surface area contributed by atoms with Gasteiger partial charge in [-0.3, -0.25) is 14.5 Å². The maximum Gasteiger partial charge on any atom is 0.274 e. The molecule has 0 spiro atoms. The van der Waals surface area contributed by atoms with Crippen LogP contribution in [0, 0.1) is 11.6 Å². The molecule has 10 heteroatoms. The maximum absolute atomic E-state index is 14.7. The van der Waals surface area contributed by atoms with Crippen LogP contribution < -0.4 is 5.32 Å². The van der Waals surface area contributed by atoms with Crippen LogP contribution in [0.4, 0.5) is 14.5 Å². The molecular formula is C22H15F2N7O. The van der Waals surface area contributed by atoms with Crippen molar-refractivity contribution in [3.8, 4) is 22.6 Å². The molecule has 0 aliphatic rings. The van der Waals surface area contributed by atoms with Crippen LogP contribution in [0.1, 0.15) is 10.5 Å². The number of pyridine rings is 2. The Morgan fingerprint density at radius 3 is 2.69 bits per heavy atom. The fraction of sp³-hybridized carbons (Fsp3) is 0.0455. The molecule has 0 bridgehead atoms. The molecule has 4 aromatic heterocycles. The third kappa shape index (κ3) is 3.47. The summed E-state index contributed by atoms with van der Waals surface area (Å²) >= 11 is 0. The van der Waals surface area contributed by atoms with Crippen LogP contribution in [0.2, 0.25) is 0 Å². The molecule has 1 aromatic carbocycles. The number of nitrogens with zero attached hydrogens (tertiary/aromatic N) is 6. The molecule has 5 aromatic rings. The zero-order valence-electron chi connectivity index (χ0n) is 16.7. The number of amides is 1. The molecule has 0 unspecified atom stereocenters. The number of hydrogen-bond acceptors (Lipinski definition) is 5. The molecule has 0 radical (unpaired) electrons. The molecule has 0 fully saturated rings. The highest BCUT2D eigenvalue weighted by atomic mass is 19.1. The Kier molecular flexibility index (Phi) is 4.66. The summed E-state index contributed by atoms with van der Waals surface area (Å²) in [4.78, 5) is 21.5. The van der Waals surface area contributed by atoms with Crippen LogP contribution in [-0.4, -0.2) is 35.3 Å². The highest BCUT2D eigenvalue weighted by Gasteiger charge is 2.21. The van der Waals surface area contributed by atoms with E-state index >= 15 is 0 Å². The molecule has 32 heavy (non-hydrogen) atoms. The van der Waals surface area contributed by atoms with E-state index in [4.69, 9.17) is 0 Å². The molecule has 5 rings (SSSR count). The Bertz CT molecular complexity index is 1460. The molecule has 0 aliphatic heterocycles. The average molecular weight is 431 g/mol. The lowest BCUT2D eigenvalue weighted by molar-refractivity contribution is 0.101. The number of benzene rings is 1. The molecule has 1 N–H and O–H groups in total. The van der Waals surface area contributed by atoms with Crippen molar-refractivity contribution in [3.05, 3.63) is 84.4 Å². The van der Waals surface area contributed by atoms with Crippen LogP contribution >= 0.6 is 0 Å². The summed E-state index contributed by atoms with van der Waals surface area (Å²) < 4.78 is 31.0. The Morgan fingerprint density at radius 2 is 1.91 bits per heavy atom. The molecule has 0 saturated carbocycles. The number of rotatable bonds is 4. The number of halogens is 2. The van der Waals surface area contributed by atoms with Crippen molar-refractivity contribution < 1.29 is 13.6 Å². The van der Waals surface area contributed by atoms with Gasteiger partial charge in [0.05, 0.1) is 29.3 Å². The van der Waals surface area contributed by atoms with E-state index in [2.05, 4.69) is 25.5 Å². The summed E-state index contributed by atoms with van der Waals surface area (Å²) in [6.45, 7) is 0. The molecule has 0 saturated heterocycles. The van der Waals surface area contributed by atoms with Gasteiger partial charge in [0.25, 0.3) is 5.91 Å². The first-order valence-electron chi connectivity index (χ1n) is 9.56. The first kappa shape index (κ1) is 19.5. The van der Waals surface area contributed by atoms with Gasteiger partial charge in [-0.1, -0.05) is 30.3 Å². The smallest absolute Gasteiger partial charge is 0.274 e. The van der Waals surface area contributed by atoms with Gasteiger partial charge >= 0.3 is 0 Å². The summed E-state index contributed by atoms with van der Waals surface area (Å²) in [7, 11) is 1.56. The standard InChI is InChI=1S/C22H15F2N7O/c1-30-20(15(11-26-30)17-9-14(23)7-8-25-17)22(32)27-18-10-19-28-21(13-5-3-2-4-6-13)29-31(19)12-16(18)24/h2-12H,1H3,(H,27,32). The van der Waals surface area contributed by atoms with E-state index in [1.165, 1.54) is 39.8 Å². The summed E-state index contributed by atoms with van der Waals surface area (Å²) in [6, 6.07) is 13.1. The minimum Gasteiger partial charge on any atom is -0.318 e. The molecule has 1 amide bonds. The first-order valence-corrected chi connectivity index (χ1v) is 9.56. The Morgan fingerprint density at radius 1 is 1.09 bits per heavy atom. The minimum atomic E-state index is -0.692. The summed E-state index contributed by atoms with van der Waals surface area (Å²) in [5.41, 5.74) is 1.73. The van der Waals surface area contributed by atoms with Gasteiger partial charge < -0.3 is 5.32 Å². The zero-order valence-corrected chi connectivity index (χ0v) is 16.7. The van der Waals surface area contributed by atoms with Crippen molar-refractivity contribution in [2.45, 2.75) is 0 Å². The average Bonchev–Trinajstić information content (AvgIpc) is 3.38. The highest BCUT2D eigenvalue weighted by Crippen LogP contribution is 2.25. The third-order valence-corrected chi connectivity index (χ3v) is 4.86. The zero-order chi connectivity index (χ0) is 22.2. The first-order chi connectivity index (χ1) is 15.5. The summed E-state index contributed by atoms with van der Waals surface area (Å²) in [5, 5.41) is 10.9. The van der Waals surface area contributed by atoms with Crippen molar-refractivity contribution in [3.63, 3.8) is 0 Å². The van der Waals surface area contributed by atoms with Gasteiger partial charge in [0, 0.05) is 30.9 Å². The molecule has 4 heterocycles. The third-order valence-electron chi connectivity index (χ3n) is 4.86. The number of aryl methyl sites for hydroxylation is 1. The van der Waals surface area contributed by atoms with E-state index in [0.717, 1.165) is 11.8 Å². The number of anilines is 1. The van der Waals surface area contributed by atoms with Crippen molar-refractivity contribution in [1.29, 1.82) is 0 Å². The van der Waals surface area contributed by atoms with E-state index in [0.29, 0.717) is 17.0 Å². The predicted octanol–water partition coefficient (Wildman–Crippen LogP) is 3.72. The van der Waals surface area contributed by atoms with Gasteiger partial charge in [-0.25, -0.2) is 18.3 Å². The van der Waals surface area contributed by atoms with Crippen LogP contribution in [0.15, 0.2) is 67.1 Å². The lowest BCUT2D eigenvalue weighted by atomic mass is 10.1. The fourth-order valence-corrected chi connectivity index (χ4v) is 3.34. The number of nitrogens with one attached hydrogen (secondary N) is 1. The Hall–Kier alpha value is -4.47. The largest absolute Gasteiger partial charge is 0.318 e. The van der Waals surface area contributed by atoms with Gasteiger partial charge in [-0.05, 0) is 6.07 Å². The second kappa shape index (κ2) is 7.65. The Labute approximate surface area is 180 Å². The number of aromatic nitrogens is 6. The number of hydrogen-bond donors (Lipinski definition) is 1. The minimum absolute atomic E-state index is 0.0751. The second-order valence-corrected chi connectivity index (χ2v) is 6.98. The van der Waals surface area contributed by atoms with Crippen molar-refractivity contribution in [1.82, 2.24) is 29.4 Å². The van der Waals surface area contributed by atoms with E-state index in [-0.39, 0.29) is 17.1 Å². The number of carbonyl (C=O) groups excluding carboxylic acids is 1. The maximum atomic E-state index is 14.7. The fourth-order valence-electron chi connectivity index (χ4n) is 3.34. The van der Waals surface area contributed by atoms with E-state index in [1.54, 1.807) is 7.05 Å². The monoisotopic (exact) mass is 431 g/mol. The van der Waals surface area contributed by atoms with Crippen LogP contribution in [0.3, 0.4) is 0 Å². The summed E-state index contributed by atoms with van der Waals surface area (Å²) in [6.07, 6.45) is 3.84. The molecule has 158 valence electrons. The van der Waals surface area contributed by atoms with Crippen molar-refractivity contribution >= 4 is 17.2 Å². The van der Waals surface area contributed by atoms with Gasteiger partial charge in [0.1, 0.15) is 11.5 Å². The quantitative estimate of drug-likeness (QED) is 0.468. The van der Waals surface area contributed by atoms with Gasteiger partial charge in [0.2, 0.25) is 0 Å². The lowest BCUT2D eigenvalue weighted by Gasteiger charge is -2.09. The molecular weight excluding hydrogens is 416 g/mol. The predicted molar refractivity (Wildman–Crippen MR) is 113 cm³/mol. The number of fused-ring (bicyclic) bond motifs is 1. The molecule has 8 nitrogen and oxygen atoms in total.